The molecule has 0 aliphatic carbocycles. The Morgan fingerprint density at radius 3 is 2.00 bits per heavy atom. The fraction of sp³-hybridized carbons (Fsp3) is 0.786. The fourth-order valence-electron chi connectivity index (χ4n) is 1.48. The molecule has 2 atom stereocenters. The Labute approximate surface area is 135 Å². The van der Waals surface area contributed by atoms with Gasteiger partial charge in [0.25, 0.3) is 0 Å². The lowest BCUT2D eigenvalue weighted by atomic mass is 10.2. The summed E-state index contributed by atoms with van der Waals surface area (Å²) in [4.78, 5) is 35.4. The lowest BCUT2D eigenvalue weighted by Crippen LogP contribution is -2.57. The third kappa shape index (κ3) is 7.68. The molecule has 0 spiro atoms. The van der Waals surface area contributed by atoms with Gasteiger partial charge >= 0.3 is 18.2 Å². The second kappa shape index (κ2) is 9.88. The first-order valence-electron chi connectivity index (χ1n) is 7.41. The van der Waals surface area contributed by atoms with Crippen molar-refractivity contribution in [3.63, 3.8) is 0 Å². The summed E-state index contributed by atoms with van der Waals surface area (Å²) in [5.41, 5.74) is 2.16. The number of hydrazine groups is 1. The van der Waals surface area contributed by atoms with E-state index >= 15 is 0 Å². The minimum Gasteiger partial charge on any atom is -0.464 e. The number of hydrogen-bond donors (Lipinski definition) is 2. The van der Waals surface area contributed by atoms with Gasteiger partial charge < -0.3 is 19.3 Å². The van der Waals surface area contributed by atoms with Gasteiger partial charge in [-0.25, -0.2) is 24.8 Å². The number of nitrogens with one attached hydrogen (secondary N) is 1. The SMILES string of the molecule is CCOC(=O)C(O)C(C)N(NC(=O)OC(C)C)C(=O)OC(C)C. The molecule has 0 aromatic rings. The second-order valence-corrected chi connectivity index (χ2v) is 5.31. The molecule has 9 nitrogen and oxygen atoms in total. The summed E-state index contributed by atoms with van der Waals surface area (Å²) in [7, 11) is 0. The van der Waals surface area contributed by atoms with Crippen molar-refractivity contribution in [3.05, 3.63) is 0 Å². The molecule has 0 radical (unpaired) electrons. The van der Waals surface area contributed by atoms with Crippen LogP contribution in [0.5, 0.6) is 0 Å². The number of amides is 2. The van der Waals surface area contributed by atoms with Gasteiger partial charge in [-0.3, -0.25) is 0 Å². The van der Waals surface area contributed by atoms with Crippen molar-refractivity contribution in [2.24, 2.45) is 0 Å². The topological polar surface area (TPSA) is 114 Å². The Bertz CT molecular complexity index is 412. The molecule has 0 bridgehead atoms. The molecule has 134 valence electrons. The minimum atomic E-state index is -1.66. The average Bonchev–Trinajstić information content (AvgIpc) is 2.41. The van der Waals surface area contributed by atoms with E-state index in [0.717, 1.165) is 0 Å². The minimum absolute atomic E-state index is 0.0713. The number of rotatable bonds is 6. The van der Waals surface area contributed by atoms with Crippen molar-refractivity contribution in [2.45, 2.75) is 65.9 Å². The molecule has 2 N–H and O–H groups in total. The molecule has 0 aromatic carbocycles. The van der Waals surface area contributed by atoms with Crippen LogP contribution in [0.1, 0.15) is 41.5 Å². The van der Waals surface area contributed by atoms with E-state index < -0.39 is 42.5 Å². The highest BCUT2D eigenvalue weighted by Crippen LogP contribution is 2.08. The van der Waals surface area contributed by atoms with Crippen molar-refractivity contribution in [1.29, 1.82) is 0 Å². The van der Waals surface area contributed by atoms with Gasteiger partial charge in [-0.2, -0.15) is 0 Å². The lowest BCUT2D eigenvalue weighted by molar-refractivity contribution is -0.156. The van der Waals surface area contributed by atoms with Crippen molar-refractivity contribution in [2.75, 3.05) is 6.61 Å². The molecule has 0 saturated carbocycles. The van der Waals surface area contributed by atoms with E-state index in [2.05, 4.69) is 5.43 Å². The first-order chi connectivity index (χ1) is 10.6. The molecule has 23 heavy (non-hydrogen) atoms. The van der Waals surface area contributed by atoms with E-state index in [1.165, 1.54) is 6.92 Å². The Kier molecular flexibility index (Phi) is 9.01. The van der Waals surface area contributed by atoms with Crippen LogP contribution in [0, 0.1) is 0 Å². The Hall–Kier alpha value is -2.03. The van der Waals surface area contributed by atoms with Crippen molar-refractivity contribution < 1.29 is 33.7 Å². The molecule has 0 aromatic heterocycles. The molecule has 0 aliphatic rings. The molecule has 0 saturated heterocycles. The zero-order chi connectivity index (χ0) is 18.2. The van der Waals surface area contributed by atoms with Crippen LogP contribution in [-0.4, -0.2) is 59.2 Å². The number of hydrogen-bond acceptors (Lipinski definition) is 7. The van der Waals surface area contributed by atoms with Crippen LogP contribution in [0.25, 0.3) is 0 Å². The predicted octanol–water partition coefficient (Wildman–Crippen LogP) is 1.20. The third-order valence-electron chi connectivity index (χ3n) is 2.48. The normalized spacial score (nSPS) is 13.3. The molecular weight excluding hydrogens is 308 g/mol. The Balaban J connectivity index is 5.12. The van der Waals surface area contributed by atoms with Crippen LogP contribution >= 0.6 is 0 Å². The maximum Gasteiger partial charge on any atom is 0.429 e. The van der Waals surface area contributed by atoms with E-state index in [1.807, 2.05) is 0 Å². The van der Waals surface area contributed by atoms with Crippen LogP contribution in [0.15, 0.2) is 0 Å². The van der Waals surface area contributed by atoms with E-state index in [0.29, 0.717) is 5.01 Å². The molecule has 2 unspecified atom stereocenters. The molecular formula is C14H26N2O7. The smallest absolute Gasteiger partial charge is 0.429 e. The van der Waals surface area contributed by atoms with Gasteiger partial charge in [0, 0.05) is 0 Å². The maximum atomic E-state index is 12.1. The molecule has 0 rings (SSSR count). The van der Waals surface area contributed by atoms with E-state index in [9.17, 15) is 19.5 Å². The van der Waals surface area contributed by atoms with E-state index in [4.69, 9.17) is 14.2 Å². The molecule has 2 amide bonds. The number of ether oxygens (including phenoxy) is 3. The van der Waals surface area contributed by atoms with Gasteiger partial charge in [-0.1, -0.05) is 0 Å². The van der Waals surface area contributed by atoms with Crippen LogP contribution in [-0.2, 0) is 19.0 Å². The lowest BCUT2D eigenvalue weighted by Gasteiger charge is -2.31. The van der Waals surface area contributed by atoms with Gasteiger partial charge in [0.2, 0.25) is 0 Å². The summed E-state index contributed by atoms with van der Waals surface area (Å²) in [5, 5.41) is 10.7. The van der Waals surface area contributed by atoms with Crippen molar-refractivity contribution in [3.8, 4) is 0 Å². The quantitative estimate of drug-likeness (QED) is 0.426. The van der Waals surface area contributed by atoms with Gasteiger partial charge in [0.05, 0.1) is 24.9 Å². The van der Waals surface area contributed by atoms with Gasteiger partial charge in [0.1, 0.15) is 0 Å². The zero-order valence-corrected chi connectivity index (χ0v) is 14.4. The van der Waals surface area contributed by atoms with Gasteiger partial charge in [-0.05, 0) is 41.5 Å². The van der Waals surface area contributed by atoms with E-state index in [-0.39, 0.29) is 6.61 Å². The zero-order valence-electron chi connectivity index (χ0n) is 14.4. The van der Waals surface area contributed by atoms with Crippen LogP contribution < -0.4 is 5.43 Å². The first kappa shape index (κ1) is 21.0. The number of esters is 1. The predicted molar refractivity (Wildman–Crippen MR) is 80.3 cm³/mol. The highest BCUT2D eigenvalue weighted by Gasteiger charge is 2.34. The van der Waals surface area contributed by atoms with Crippen molar-refractivity contribution >= 4 is 18.2 Å². The molecule has 9 heteroatoms. The van der Waals surface area contributed by atoms with Crippen LogP contribution in [0.2, 0.25) is 0 Å². The number of carbonyl (C=O) groups excluding carboxylic acids is 3. The summed E-state index contributed by atoms with van der Waals surface area (Å²) in [6.07, 6.45) is -4.38. The molecule has 0 aliphatic heterocycles. The Morgan fingerprint density at radius 1 is 1.04 bits per heavy atom. The summed E-state index contributed by atoms with van der Waals surface area (Å²) < 4.78 is 14.6. The number of aliphatic hydroxyl groups excluding tert-OH is 1. The van der Waals surface area contributed by atoms with Crippen LogP contribution in [0.4, 0.5) is 9.59 Å². The molecule has 0 heterocycles. The largest absolute Gasteiger partial charge is 0.464 e. The maximum absolute atomic E-state index is 12.1. The third-order valence-corrected chi connectivity index (χ3v) is 2.48. The highest BCUT2D eigenvalue weighted by molar-refractivity contribution is 5.78. The average molecular weight is 334 g/mol. The highest BCUT2D eigenvalue weighted by atomic mass is 16.6. The monoisotopic (exact) mass is 334 g/mol. The summed E-state index contributed by atoms with van der Waals surface area (Å²) in [5.74, 6) is -0.915. The van der Waals surface area contributed by atoms with Crippen LogP contribution in [0.3, 0.4) is 0 Å². The summed E-state index contributed by atoms with van der Waals surface area (Å²) >= 11 is 0. The van der Waals surface area contributed by atoms with Gasteiger partial charge in [-0.15, -0.1) is 0 Å². The summed E-state index contributed by atoms with van der Waals surface area (Å²) in [6, 6.07) is -1.12. The van der Waals surface area contributed by atoms with E-state index in [1.54, 1.807) is 34.6 Å². The number of carbonyl (C=O) groups is 3. The Morgan fingerprint density at radius 2 is 1.57 bits per heavy atom. The number of aliphatic hydroxyl groups is 1. The summed E-state index contributed by atoms with van der Waals surface area (Å²) in [6.45, 7) is 9.52. The second-order valence-electron chi connectivity index (χ2n) is 5.31. The first-order valence-corrected chi connectivity index (χ1v) is 7.41. The van der Waals surface area contributed by atoms with Crippen molar-refractivity contribution in [1.82, 2.24) is 10.4 Å². The number of nitrogens with zero attached hydrogens (tertiary/aromatic N) is 1. The fourth-order valence-corrected chi connectivity index (χ4v) is 1.48. The molecule has 0 fully saturated rings. The standard InChI is InChI=1S/C14H26N2O7/c1-7-21-12(18)11(17)10(6)16(14(20)23-9(4)5)15-13(19)22-8(2)3/h8-11,17H,7H2,1-6H3,(H,15,19). The van der Waals surface area contributed by atoms with Gasteiger partial charge in [0.15, 0.2) is 6.10 Å².